The molecule has 2 unspecified atom stereocenters. The third-order valence-corrected chi connectivity index (χ3v) is 2.67. The van der Waals surface area contributed by atoms with E-state index in [1.165, 1.54) is 0 Å². The summed E-state index contributed by atoms with van der Waals surface area (Å²) in [5.74, 6) is 0. The van der Waals surface area contributed by atoms with Crippen LogP contribution in [0.15, 0.2) is 31.2 Å². The van der Waals surface area contributed by atoms with Crippen molar-refractivity contribution in [1.29, 1.82) is 0 Å². The molecule has 0 aliphatic rings. The molecule has 2 heterocycles. The number of imidazole rings is 2. The predicted octanol–water partition coefficient (Wildman–Crippen LogP) is 1.36. The second-order valence-electron chi connectivity index (χ2n) is 4.12. The first-order chi connectivity index (χ1) is 7.68. The summed E-state index contributed by atoms with van der Waals surface area (Å²) in [5.41, 5.74) is 6.95. The van der Waals surface area contributed by atoms with Crippen molar-refractivity contribution in [3.05, 3.63) is 36.9 Å². The monoisotopic (exact) mass is 219 g/mol. The normalized spacial score (nSPS) is 14.9. The van der Waals surface area contributed by atoms with Crippen LogP contribution in [0.2, 0.25) is 0 Å². The average molecular weight is 219 g/mol. The maximum absolute atomic E-state index is 5.89. The van der Waals surface area contributed by atoms with E-state index in [1.807, 2.05) is 32.0 Å². The third kappa shape index (κ3) is 2.14. The predicted molar refractivity (Wildman–Crippen MR) is 61.8 cm³/mol. The van der Waals surface area contributed by atoms with Gasteiger partial charge >= 0.3 is 0 Å². The van der Waals surface area contributed by atoms with Crippen LogP contribution >= 0.6 is 0 Å². The first-order valence-corrected chi connectivity index (χ1v) is 5.41. The summed E-state index contributed by atoms with van der Waals surface area (Å²) in [6, 6.07) is 0.324. The summed E-state index contributed by atoms with van der Waals surface area (Å²) in [6.45, 7) is 4.99. The molecule has 0 fully saturated rings. The van der Waals surface area contributed by atoms with Gasteiger partial charge in [-0.05, 0) is 13.8 Å². The smallest absolute Gasteiger partial charge is 0.0951 e. The lowest BCUT2D eigenvalue weighted by Crippen LogP contribution is -2.17. The second-order valence-corrected chi connectivity index (χ2v) is 4.12. The summed E-state index contributed by atoms with van der Waals surface area (Å²) in [7, 11) is 0. The van der Waals surface area contributed by atoms with Gasteiger partial charge < -0.3 is 14.9 Å². The number of nitrogens with zero attached hydrogens (tertiary/aromatic N) is 4. The Labute approximate surface area is 94.9 Å². The van der Waals surface area contributed by atoms with E-state index in [0.29, 0.717) is 6.04 Å². The number of nitrogens with two attached hydrogens (primary N) is 1. The van der Waals surface area contributed by atoms with E-state index < -0.39 is 0 Å². The third-order valence-electron chi connectivity index (χ3n) is 2.67. The SMILES string of the molecule is CC(N)c1cncn1C(C)Cn1ccnc1. The van der Waals surface area contributed by atoms with Crippen LogP contribution in [0.5, 0.6) is 0 Å². The number of aromatic nitrogens is 4. The zero-order chi connectivity index (χ0) is 11.5. The van der Waals surface area contributed by atoms with E-state index in [0.717, 1.165) is 12.2 Å². The Kier molecular flexibility index (Phi) is 3.05. The second kappa shape index (κ2) is 4.49. The van der Waals surface area contributed by atoms with Crippen LogP contribution in [0.25, 0.3) is 0 Å². The highest BCUT2D eigenvalue weighted by Crippen LogP contribution is 2.16. The number of rotatable bonds is 4. The Morgan fingerprint density at radius 1 is 1.31 bits per heavy atom. The summed E-state index contributed by atoms with van der Waals surface area (Å²) in [5, 5.41) is 0. The maximum atomic E-state index is 5.89. The molecule has 0 bridgehead atoms. The molecule has 0 aromatic carbocycles. The molecule has 0 spiro atoms. The fraction of sp³-hybridized carbons (Fsp3) is 0.455. The average Bonchev–Trinajstić information content (AvgIpc) is 2.86. The summed E-state index contributed by atoms with van der Waals surface area (Å²) in [4.78, 5) is 8.18. The van der Waals surface area contributed by atoms with Gasteiger partial charge in [-0.25, -0.2) is 9.97 Å². The van der Waals surface area contributed by atoms with E-state index in [-0.39, 0.29) is 6.04 Å². The van der Waals surface area contributed by atoms with Crippen LogP contribution in [0.1, 0.15) is 31.6 Å². The van der Waals surface area contributed by atoms with Crippen molar-refractivity contribution in [2.24, 2.45) is 5.73 Å². The van der Waals surface area contributed by atoms with Gasteiger partial charge in [0, 0.05) is 37.2 Å². The molecule has 0 radical (unpaired) electrons. The molecule has 2 atom stereocenters. The van der Waals surface area contributed by atoms with Gasteiger partial charge in [0.2, 0.25) is 0 Å². The molecule has 2 aromatic heterocycles. The van der Waals surface area contributed by atoms with Crippen molar-refractivity contribution in [3.8, 4) is 0 Å². The van der Waals surface area contributed by atoms with Gasteiger partial charge in [0.05, 0.1) is 18.3 Å². The van der Waals surface area contributed by atoms with Crippen LogP contribution in [0.3, 0.4) is 0 Å². The molecule has 5 heteroatoms. The molecule has 0 amide bonds. The van der Waals surface area contributed by atoms with Gasteiger partial charge in [0.15, 0.2) is 0 Å². The van der Waals surface area contributed by atoms with E-state index in [1.54, 1.807) is 6.20 Å². The molecule has 2 aromatic rings. The van der Waals surface area contributed by atoms with E-state index in [4.69, 9.17) is 5.73 Å². The molecule has 16 heavy (non-hydrogen) atoms. The lowest BCUT2D eigenvalue weighted by Gasteiger charge is -2.18. The maximum Gasteiger partial charge on any atom is 0.0951 e. The van der Waals surface area contributed by atoms with Crippen LogP contribution in [0, 0.1) is 0 Å². The fourth-order valence-electron chi connectivity index (χ4n) is 1.82. The minimum absolute atomic E-state index is 0.00716. The molecular formula is C11H17N5. The van der Waals surface area contributed by atoms with E-state index in [9.17, 15) is 0 Å². The highest BCUT2D eigenvalue weighted by molar-refractivity contribution is 5.04. The van der Waals surface area contributed by atoms with Crippen LogP contribution < -0.4 is 5.73 Å². The molecule has 5 nitrogen and oxygen atoms in total. The van der Waals surface area contributed by atoms with Gasteiger partial charge in [0.1, 0.15) is 0 Å². The summed E-state index contributed by atoms with van der Waals surface area (Å²) < 4.78 is 4.17. The van der Waals surface area contributed by atoms with Gasteiger partial charge in [0.25, 0.3) is 0 Å². The summed E-state index contributed by atoms with van der Waals surface area (Å²) in [6.07, 6.45) is 9.22. The van der Waals surface area contributed by atoms with E-state index in [2.05, 4.69) is 26.0 Å². The fourth-order valence-corrected chi connectivity index (χ4v) is 1.82. The quantitative estimate of drug-likeness (QED) is 0.844. The molecule has 0 aliphatic carbocycles. The largest absolute Gasteiger partial charge is 0.335 e. The van der Waals surface area contributed by atoms with Gasteiger partial charge in [-0.15, -0.1) is 0 Å². The Hall–Kier alpha value is -1.62. The van der Waals surface area contributed by atoms with Crippen molar-refractivity contribution in [1.82, 2.24) is 19.1 Å². The van der Waals surface area contributed by atoms with Gasteiger partial charge in [-0.2, -0.15) is 0 Å². The first-order valence-electron chi connectivity index (χ1n) is 5.41. The zero-order valence-corrected chi connectivity index (χ0v) is 9.61. The van der Waals surface area contributed by atoms with Crippen LogP contribution in [-0.4, -0.2) is 19.1 Å². The van der Waals surface area contributed by atoms with Crippen LogP contribution in [0.4, 0.5) is 0 Å². The minimum atomic E-state index is 0.00716. The molecular weight excluding hydrogens is 202 g/mol. The molecule has 0 saturated carbocycles. The topological polar surface area (TPSA) is 61.7 Å². The van der Waals surface area contributed by atoms with Crippen molar-refractivity contribution in [2.75, 3.05) is 0 Å². The first kappa shape index (κ1) is 10.9. The Bertz CT molecular complexity index is 429. The van der Waals surface area contributed by atoms with Crippen molar-refractivity contribution < 1.29 is 0 Å². The minimum Gasteiger partial charge on any atom is -0.335 e. The van der Waals surface area contributed by atoms with Gasteiger partial charge in [-0.1, -0.05) is 0 Å². The highest BCUT2D eigenvalue weighted by atomic mass is 15.1. The lowest BCUT2D eigenvalue weighted by atomic mass is 10.2. The molecule has 0 aliphatic heterocycles. The molecule has 2 rings (SSSR count). The summed E-state index contributed by atoms with van der Waals surface area (Å²) >= 11 is 0. The van der Waals surface area contributed by atoms with E-state index >= 15 is 0 Å². The van der Waals surface area contributed by atoms with Crippen molar-refractivity contribution >= 4 is 0 Å². The molecule has 2 N–H and O–H groups in total. The Morgan fingerprint density at radius 2 is 2.12 bits per heavy atom. The molecule has 86 valence electrons. The lowest BCUT2D eigenvalue weighted by molar-refractivity contribution is 0.444. The zero-order valence-electron chi connectivity index (χ0n) is 9.61. The van der Waals surface area contributed by atoms with Crippen LogP contribution in [-0.2, 0) is 6.54 Å². The number of hydrogen-bond acceptors (Lipinski definition) is 3. The molecule has 0 saturated heterocycles. The Morgan fingerprint density at radius 3 is 2.75 bits per heavy atom. The Balaban J connectivity index is 2.14. The van der Waals surface area contributed by atoms with Gasteiger partial charge in [-0.3, -0.25) is 0 Å². The standard InChI is InChI=1S/C11H17N5/c1-9(6-15-4-3-13-7-15)16-8-14-5-11(16)10(2)12/h3-5,7-10H,6,12H2,1-2H3. The van der Waals surface area contributed by atoms with Crippen molar-refractivity contribution in [2.45, 2.75) is 32.5 Å². The highest BCUT2D eigenvalue weighted by Gasteiger charge is 2.12. The van der Waals surface area contributed by atoms with Crippen molar-refractivity contribution in [3.63, 3.8) is 0 Å². The number of hydrogen-bond donors (Lipinski definition) is 1.